The Balaban J connectivity index is 1.63. The van der Waals surface area contributed by atoms with Gasteiger partial charge in [0.05, 0.1) is 10.7 Å². The van der Waals surface area contributed by atoms with Crippen molar-refractivity contribution in [2.24, 2.45) is 0 Å². The van der Waals surface area contributed by atoms with E-state index >= 15 is 0 Å². The molecule has 5 nitrogen and oxygen atoms in total. The molecule has 1 heterocycles. The second-order valence-electron chi connectivity index (χ2n) is 6.68. The van der Waals surface area contributed by atoms with Crippen molar-refractivity contribution in [1.29, 1.82) is 0 Å². The quantitative estimate of drug-likeness (QED) is 0.545. The van der Waals surface area contributed by atoms with Gasteiger partial charge in [-0.15, -0.1) is 0 Å². The van der Waals surface area contributed by atoms with Gasteiger partial charge in [0.25, 0.3) is 0 Å². The van der Waals surface area contributed by atoms with Gasteiger partial charge in [0.1, 0.15) is 0 Å². The highest BCUT2D eigenvalue weighted by Gasteiger charge is 2.24. The monoisotopic (exact) mass is 389 g/mol. The summed E-state index contributed by atoms with van der Waals surface area (Å²) in [6.07, 6.45) is 1.15. The van der Waals surface area contributed by atoms with E-state index in [2.05, 4.69) is 34.5 Å². The lowest BCUT2D eigenvalue weighted by Gasteiger charge is -2.27. The maximum Gasteiger partial charge on any atom is 0.175 e. The number of hydrogen-bond donors (Lipinski definition) is 3. The van der Waals surface area contributed by atoms with E-state index in [1.165, 1.54) is 0 Å². The third-order valence-corrected chi connectivity index (χ3v) is 5.18. The molecule has 3 rings (SSSR count). The van der Waals surface area contributed by atoms with Gasteiger partial charge in [0.2, 0.25) is 0 Å². The van der Waals surface area contributed by atoms with Gasteiger partial charge in [-0.3, -0.25) is 0 Å². The molecule has 1 aliphatic rings. The van der Waals surface area contributed by atoms with Crippen LogP contribution >= 0.6 is 23.8 Å². The van der Waals surface area contributed by atoms with Crippen LogP contribution in [-0.2, 0) is 0 Å². The Hall–Kier alpha value is -2.02. The van der Waals surface area contributed by atoms with Gasteiger partial charge in [-0.25, -0.2) is 0 Å². The standard InChI is InChI=1S/C19H24ClN5S/c1-24-10-9-16(12-24)25(2)18-8-7-15(11-17(18)20)23-19(26)22-14-5-3-13(21)4-6-14/h3-8,11,16H,9-10,12,21H2,1-2H3,(H2,22,23,26). The molecule has 0 radical (unpaired) electrons. The van der Waals surface area contributed by atoms with Crippen LogP contribution in [0.5, 0.6) is 0 Å². The zero-order valence-corrected chi connectivity index (χ0v) is 16.6. The molecule has 0 aliphatic carbocycles. The van der Waals surface area contributed by atoms with Crippen LogP contribution in [0.15, 0.2) is 42.5 Å². The Morgan fingerprint density at radius 3 is 2.46 bits per heavy atom. The third kappa shape index (κ3) is 4.58. The molecule has 0 saturated carbocycles. The largest absolute Gasteiger partial charge is 0.399 e. The van der Waals surface area contributed by atoms with Crippen LogP contribution in [0.25, 0.3) is 0 Å². The number of likely N-dealkylation sites (tertiary alicyclic amines) is 1. The summed E-state index contributed by atoms with van der Waals surface area (Å²) >= 11 is 11.9. The molecule has 1 fully saturated rings. The van der Waals surface area contributed by atoms with Crippen LogP contribution < -0.4 is 21.3 Å². The topological polar surface area (TPSA) is 56.6 Å². The highest BCUT2D eigenvalue weighted by molar-refractivity contribution is 7.80. The molecule has 0 aromatic heterocycles. The van der Waals surface area contributed by atoms with E-state index in [-0.39, 0.29) is 0 Å². The molecule has 1 atom stereocenters. The Morgan fingerprint density at radius 2 is 1.85 bits per heavy atom. The number of nitrogens with two attached hydrogens (primary N) is 1. The molecule has 0 bridgehead atoms. The number of nitrogen functional groups attached to an aromatic ring is 1. The lowest BCUT2D eigenvalue weighted by molar-refractivity contribution is 0.409. The van der Waals surface area contributed by atoms with Crippen molar-refractivity contribution in [3.05, 3.63) is 47.5 Å². The molecule has 2 aromatic carbocycles. The van der Waals surface area contributed by atoms with Gasteiger partial charge in [-0.05, 0) is 74.7 Å². The fourth-order valence-corrected chi connectivity index (χ4v) is 3.70. The number of hydrogen-bond acceptors (Lipinski definition) is 4. The SMILES string of the molecule is CN1CCC(N(C)c2ccc(NC(=S)Nc3ccc(N)cc3)cc2Cl)C1. The zero-order valence-electron chi connectivity index (χ0n) is 15.0. The number of nitrogens with zero attached hydrogens (tertiary/aromatic N) is 2. The Bertz CT molecular complexity index is 780. The molecule has 4 N–H and O–H groups in total. The summed E-state index contributed by atoms with van der Waals surface area (Å²) in [5.41, 5.74) is 9.18. The molecule has 1 saturated heterocycles. The van der Waals surface area contributed by atoms with Gasteiger partial charge in [-0.2, -0.15) is 0 Å². The van der Waals surface area contributed by atoms with Crippen LogP contribution in [0.1, 0.15) is 6.42 Å². The van der Waals surface area contributed by atoms with Crippen LogP contribution in [0.3, 0.4) is 0 Å². The van der Waals surface area contributed by atoms with Gasteiger partial charge < -0.3 is 26.2 Å². The number of anilines is 4. The second-order valence-corrected chi connectivity index (χ2v) is 7.50. The first kappa shape index (κ1) is 18.8. The molecule has 0 amide bonds. The molecular weight excluding hydrogens is 366 g/mol. The number of rotatable bonds is 4. The molecule has 1 aliphatic heterocycles. The fraction of sp³-hybridized carbons (Fsp3) is 0.316. The van der Waals surface area contributed by atoms with E-state index in [1.807, 2.05) is 42.5 Å². The van der Waals surface area contributed by atoms with Crippen LogP contribution in [0.2, 0.25) is 5.02 Å². The van der Waals surface area contributed by atoms with E-state index < -0.39 is 0 Å². The summed E-state index contributed by atoms with van der Waals surface area (Å²) in [4.78, 5) is 4.60. The first-order valence-electron chi connectivity index (χ1n) is 8.57. The zero-order chi connectivity index (χ0) is 18.7. The fourth-order valence-electron chi connectivity index (χ4n) is 3.16. The van der Waals surface area contributed by atoms with Crippen molar-refractivity contribution < 1.29 is 0 Å². The average Bonchev–Trinajstić information content (AvgIpc) is 3.03. The second kappa shape index (κ2) is 8.12. The van der Waals surface area contributed by atoms with Crippen molar-refractivity contribution >= 4 is 51.7 Å². The molecule has 138 valence electrons. The van der Waals surface area contributed by atoms with Gasteiger partial charge in [-0.1, -0.05) is 11.6 Å². The van der Waals surface area contributed by atoms with Crippen LogP contribution in [0, 0.1) is 0 Å². The first-order valence-corrected chi connectivity index (χ1v) is 9.35. The molecular formula is C19H24ClN5S. The molecule has 2 aromatic rings. The van der Waals surface area contributed by atoms with Crippen molar-refractivity contribution in [3.63, 3.8) is 0 Å². The molecule has 1 unspecified atom stereocenters. The van der Waals surface area contributed by atoms with Crippen molar-refractivity contribution in [3.8, 4) is 0 Å². The number of thiocarbonyl (C=S) groups is 1. The van der Waals surface area contributed by atoms with E-state index in [1.54, 1.807) is 0 Å². The minimum Gasteiger partial charge on any atom is -0.399 e. The van der Waals surface area contributed by atoms with Crippen LogP contribution in [-0.4, -0.2) is 43.2 Å². The van der Waals surface area contributed by atoms with E-state index in [0.717, 1.165) is 42.3 Å². The summed E-state index contributed by atoms with van der Waals surface area (Å²) in [5, 5.41) is 7.51. The first-order chi connectivity index (χ1) is 12.4. The lowest BCUT2D eigenvalue weighted by Crippen LogP contribution is -2.33. The van der Waals surface area contributed by atoms with E-state index in [4.69, 9.17) is 29.6 Å². The number of benzene rings is 2. The minimum atomic E-state index is 0.490. The summed E-state index contributed by atoms with van der Waals surface area (Å²) in [5.74, 6) is 0. The molecule has 26 heavy (non-hydrogen) atoms. The average molecular weight is 390 g/mol. The van der Waals surface area contributed by atoms with Crippen LogP contribution in [0.4, 0.5) is 22.7 Å². The summed E-state index contributed by atoms with van der Waals surface area (Å²) < 4.78 is 0. The predicted octanol–water partition coefficient (Wildman–Crippen LogP) is 3.87. The summed E-state index contributed by atoms with van der Waals surface area (Å²) in [6, 6.07) is 13.8. The van der Waals surface area contributed by atoms with E-state index in [0.29, 0.717) is 16.2 Å². The third-order valence-electron chi connectivity index (χ3n) is 4.67. The molecule has 0 spiro atoms. The normalized spacial score (nSPS) is 17.1. The smallest absolute Gasteiger partial charge is 0.175 e. The van der Waals surface area contributed by atoms with Gasteiger partial charge in [0, 0.05) is 36.7 Å². The van der Waals surface area contributed by atoms with Crippen molar-refractivity contribution in [2.75, 3.05) is 48.5 Å². The van der Waals surface area contributed by atoms with Gasteiger partial charge in [0.15, 0.2) is 5.11 Å². The minimum absolute atomic E-state index is 0.490. The number of likely N-dealkylation sites (N-methyl/N-ethyl adjacent to an activating group) is 2. The molecule has 7 heteroatoms. The van der Waals surface area contributed by atoms with Crippen molar-refractivity contribution in [2.45, 2.75) is 12.5 Å². The lowest BCUT2D eigenvalue weighted by atomic mass is 10.2. The Kier molecular flexibility index (Phi) is 5.86. The van der Waals surface area contributed by atoms with E-state index in [9.17, 15) is 0 Å². The maximum atomic E-state index is 6.53. The Morgan fingerprint density at radius 1 is 1.19 bits per heavy atom. The number of nitrogens with one attached hydrogen (secondary N) is 2. The number of halogens is 1. The summed E-state index contributed by atoms with van der Waals surface area (Å²) in [6.45, 7) is 2.18. The van der Waals surface area contributed by atoms with Gasteiger partial charge >= 0.3 is 0 Å². The maximum absolute atomic E-state index is 6.53. The Labute approximate surface area is 165 Å². The highest BCUT2D eigenvalue weighted by atomic mass is 35.5. The summed E-state index contributed by atoms with van der Waals surface area (Å²) in [7, 11) is 4.25. The highest BCUT2D eigenvalue weighted by Crippen LogP contribution is 2.31. The predicted molar refractivity (Wildman–Crippen MR) is 116 cm³/mol. The van der Waals surface area contributed by atoms with Crippen molar-refractivity contribution in [1.82, 2.24) is 4.90 Å².